The Labute approximate surface area is 188 Å². The van der Waals surface area contributed by atoms with Gasteiger partial charge in [0.25, 0.3) is 5.91 Å². The van der Waals surface area contributed by atoms with E-state index in [1.165, 1.54) is 10.5 Å². The Balaban J connectivity index is 1.38. The molecule has 0 bridgehead atoms. The molecule has 0 N–H and O–H groups in total. The molecule has 32 heavy (non-hydrogen) atoms. The van der Waals surface area contributed by atoms with E-state index in [1.807, 2.05) is 30.0 Å². The molecule has 4 heterocycles. The Kier molecular flexibility index (Phi) is 5.38. The minimum atomic E-state index is -0.520. The van der Waals surface area contributed by atoms with Gasteiger partial charge in [0.1, 0.15) is 0 Å². The summed E-state index contributed by atoms with van der Waals surface area (Å²) < 4.78 is 5.40. The van der Waals surface area contributed by atoms with Crippen molar-refractivity contribution in [1.82, 2.24) is 24.5 Å². The topological polar surface area (TPSA) is 71.9 Å². The number of hydrogen-bond donors (Lipinski definition) is 0. The van der Waals surface area contributed by atoms with Crippen LogP contribution < -0.4 is 0 Å². The highest BCUT2D eigenvalue weighted by Gasteiger charge is 2.55. The van der Waals surface area contributed by atoms with Crippen molar-refractivity contribution in [2.45, 2.75) is 32.6 Å². The van der Waals surface area contributed by atoms with Crippen LogP contribution in [0.1, 0.15) is 19.4 Å². The molecule has 9 nitrogen and oxygen atoms in total. The van der Waals surface area contributed by atoms with E-state index in [-0.39, 0.29) is 11.9 Å². The molecule has 0 aromatic heterocycles. The molecule has 2 fully saturated rings. The first-order valence-corrected chi connectivity index (χ1v) is 11.2. The lowest BCUT2D eigenvalue weighted by molar-refractivity contribution is -0.137. The average Bonchev–Trinajstić information content (AvgIpc) is 3.31. The predicted octanol–water partition coefficient (Wildman–Crippen LogP) is 1.35. The molecule has 0 aliphatic carbocycles. The van der Waals surface area contributed by atoms with Crippen LogP contribution in [-0.2, 0) is 16.1 Å². The number of carbonyl (C=O) groups is 2. The Morgan fingerprint density at radius 2 is 1.72 bits per heavy atom. The van der Waals surface area contributed by atoms with Crippen LogP contribution in [0.15, 0.2) is 46.7 Å². The monoisotopic (exact) mass is 438 g/mol. The van der Waals surface area contributed by atoms with Crippen LogP contribution in [0.2, 0.25) is 0 Å². The van der Waals surface area contributed by atoms with Crippen molar-refractivity contribution in [3.05, 3.63) is 47.3 Å². The van der Waals surface area contributed by atoms with Gasteiger partial charge in [-0.3, -0.25) is 19.5 Å². The number of fused-ring (bicyclic) bond motifs is 3. The van der Waals surface area contributed by atoms with Crippen molar-refractivity contribution >= 4 is 17.9 Å². The molecule has 2 saturated heterocycles. The number of allylic oxidation sites excluding steroid dienone is 2. The number of aliphatic imine (C=N–C) groups is 1. The van der Waals surface area contributed by atoms with Gasteiger partial charge in [-0.15, -0.1) is 0 Å². The number of urea groups is 1. The van der Waals surface area contributed by atoms with Gasteiger partial charge in [0.2, 0.25) is 5.96 Å². The summed E-state index contributed by atoms with van der Waals surface area (Å²) in [6.07, 6.45) is -0.508. The van der Waals surface area contributed by atoms with Gasteiger partial charge in [0.15, 0.2) is 12.2 Å². The Bertz CT molecular complexity index is 971. The van der Waals surface area contributed by atoms with E-state index in [1.54, 1.807) is 11.9 Å². The zero-order valence-electron chi connectivity index (χ0n) is 18.9. The second kappa shape index (κ2) is 8.22. The first-order valence-electron chi connectivity index (χ1n) is 11.2. The molecular weight excluding hydrogens is 408 g/mol. The van der Waals surface area contributed by atoms with E-state index in [0.29, 0.717) is 32.8 Å². The van der Waals surface area contributed by atoms with Gasteiger partial charge >= 0.3 is 6.03 Å². The van der Waals surface area contributed by atoms with E-state index < -0.39 is 12.2 Å². The highest BCUT2D eigenvalue weighted by molar-refractivity contribution is 6.05. The van der Waals surface area contributed by atoms with Crippen molar-refractivity contribution in [3.8, 4) is 0 Å². The smallest absolute Gasteiger partial charge is 0.328 e. The maximum absolute atomic E-state index is 13.6. The Morgan fingerprint density at radius 1 is 1.00 bits per heavy atom. The number of benzene rings is 1. The fourth-order valence-corrected chi connectivity index (χ4v) is 4.91. The van der Waals surface area contributed by atoms with Crippen molar-refractivity contribution in [2.24, 2.45) is 4.99 Å². The van der Waals surface area contributed by atoms with Gasteiger partial charge in [-0.1, -0.05) is 30.3 Å². The molecule has 9 heteroatoms. The van der Waals surface area contributed by atoms with Crippen molar-refractivity contribution < 1.29 is 14.3 Å². The molecule has 4 aliphatic rings. The molecule has 170 valence electrons. The number of morpholine rings is 1. The third-order valence-corrected chi connectivity index (χ3v) is 6.93. The third kappa shape index (κ3) is 3.36. The highest BCUT2D eigenvalue weighted by atomic mass is 16.5. The summed E-state index contributed by atoms with van der Waals surface area (Å²) in [7, 11) is 1.74. The number of carbonyl (C=O) groups excluding carboxylic acids is 2. The van der Waals surface area contributed by atoms with Crippen LogP contribution in [-0.4, -0.2) is 101 Å². The minimum Gasteiger partial charge on any atom is -0.379 e. The predicted molar refractivity (Wildman–Crippen MR) is 119 cm³/mol. The molecule has 1 aromatic rings. The Morgan fingerprint density at radius 3 is 2.44 bits per heavy atom. The van der Waals surface area contributed by atoms with Crippen LogP contribution in [0.3, 0.4) is 0 Å². The van der Waals surface area contributed by atoms with Gasteiger partial charge in [0.05, 0.1) is 19.8 Å². The van der Waals surface area contributed by atoms with Gasteiger partial charge < -0.3 is 14.5 Å². The SMILES string of the molecule is CC1=C(C)N2C(=NC3C2C(=O)N(CCN2CCOCC2)C(=O)N3C)N1Cc1ccccc1. The summed E-state index contributed by atoms with van der Waals surface area (Å²) in [6.45, 7) is 8.84. The highest BCUT2D eigenvalue weighted by Crippen LogP contribution is 2.38. The Hall–Kier alpha value is -2.91. The second-order valence-corrected chi connectivity index (χ2v) is 8.74. The summed E-state index contributed by atoms with van der Waals surface area (Å²) in [5.74, 6) is 0.584. The molecular formula is C23H30N6O3. The number of amides is 3. The minimum absolute atomic E-state index is 0.168. The molecule has 1 aromatic carbocycles. The lowest BCUT2D eigenvalue weighted by atomic mass is 10.1. The molecule has 0 radical (unpaired) electrons. The molecule has 0 saturated carbocycles. The van der Waals surface area contributed by atoms with Gasteiger partial charge in [-0.2, -0.15) is 0 Å². The zero-order valence-corrected chi connectivity index (χ0v) is 18.9. The molecule has 3 amide bonds. The van der Waals surface area contributed by atoms with Crippen LogP contribution in [0.5, 0.6) is 0 Å². The number of likely N-dealkylation sites (N-methyl/N-ethyl adjacent to an activating group) is 1. The van der Waals surface area contributed by atoms with Crippen LogP contribution in [0, 0.1) is 0 Å². The fraction of sp³-hybridized carbons (Fsp3) is 0.522. The molecule has 2 atom stereocenters. The largest absolute Gasteiger partial charge is 0.379 e. The standard InChI is InChI=1S/C23H30N6O3/c1-16-17(2)29-19-20(24-22(29)28(16)15-18-7-5-4-6-8-18)25(3)23(31)27(21(19)30)10-9-26-11-13-32-14-12-26/h4-8,19-20H,9-15H2,1-3H3. The second-order valence-electron chi connectivity index (χ2n) is 8.74. The maximum Gasteiger partial charge on any atom is 0.328 e. The first-order chi connectivity index (χ1) is 15.5. The molecule has 0 spiro atoms. The lowest BCUT2D eigenvalue weighted by Crippen LogP contribution is -2.65. The summed E-state index contributed by atoms with van der Waals surface area (Å²) in [6, 6.07) is 9.42. The van der Waals surface area contributed by atoms with Crippen molar-refractivity contribution in [1.29, 1.82) is 0 Å². The third-order valence-electron chi connectivity index (χ3n) is 6.93. The quantitative estimate of drug-likeness (QED) is 0.691. The van der Waals surface area contributed by atoms with Gasteiger partial charge in [-0.05, 0) is 19.4 Å². The maximum atomic E-state index is 13.6. The summed E-state index contributed by atoms with van der Waals surface area (Å²) in [4.78, 5) is 40.9. The number of imide groups is 1. The number of guanidine groups is 1. The normalized spacial score (nSPS) is 26.2. The summed E-state index contributed by atoms with van der Waals surface area (Å²) in [5.41, 5.74) is 3.26. The lowest BCUT2D eigenvalue weighted by Gasteiger charge is -2.41. The average molecular weight is 439 g/mol. The van der Waals surface area contributed by atoms with E-state index in [4.69, 9.17) is 9.73 Å². The molecule has 5 rings (SSSR count). The van der Waals surface area contributed by atoms with E-state index in [2.05, 4.69) is 28.9 Å². The number of nitrogens with zero attached hydrogens (tertiary/aromatic N) is 6. The zero-order chi connectivity index (χ0) is 22.4. The number of ether oxygens (including phenoxy) is 1. The van der Waals surface area contributed by atoms with Crippen LogP contribution in [0.25, 0.3) is 0 Å². The van der Waals surface area contributed by atoms with Crippen LogP contribution >= 0.6 is 0 Å². The van der Waals surface area contributed by atoms with Crippen LogP contribution in [0.4, 0.5) is 4.79 Å². The molecule has 4 aliphatic heterocycles. The van der Waals surface area contributed by atoms with Gasteiger partial charge in [-0.25, -0.2) is 9.79 Å². The first kappa shape index (κ1) is 21.0. The summed E-state index contributed by atoms with van der Waals surface area (Å²) >= 11 is 0. The van der Waals surface area contributed by atoms with Crippen molar-refractivity contribution in [2.75, 3.05) is 46.4 Å². The number of rotatable bonds is 5. The molecule has 2 unspecified atom stereocenters. The van der Waals surface area contributed by atoms with Gasteiger partial charge in [0, 0.05) is 44.6 Å². The number of hydrogen-bond acceptors (Lipinski definition) is 7. The van der Waals surface area contributed by atoms with E-state index >= 15 is 0 Å². The summed E-state index contributed by atoms with van der Waals surface area (Å²) in [5, 5.41) is 0. The van der Waals surface area contributed by atoms with E-state index in [0.717, 1.165) is 30.4 Å². The van der Waals surface area contributed by atoms with Crippen molar-refractivity contribution in [3.63, 3.8) is 0 Å². The van der Waals surface area contributed by atoms with E-state index in [9.17, 15) is 9.59 Å². The fourth-order valence-electron chi connectivity index (χ4n) is 4.91.